The first kappa shape index (κ1) is 27.3. The first-order valence-electron chi connectivity index (χ1n) is 10.1. The van der Waals surface area contributed by atoms with E-state index in [1.54, 1.807) is 13.0 Å². The van der Waals surface area contributed by atoms with Gasteiger partial charge >= 0.3 is 17.9 Å². The van der Waals surface area contributed by atoms with Crippen LogP contribution in [0.5, 0.6) is 0 Å². The van der Waals surface area contributed by atoms with Crippen molar-refractivity contribution in [3.8, 4) is 11.1 Å². The van der Waals surface area contributed by atoms with Gasteiger partial charge in [-0.25, -0.2) is 19.0 Å². The van der Waals surface area contributed by atoms with Gasteiger partial charge in [0.15, 0.2) is 0 Å². The van der Waals surface area contributed by atoms with E-state index in [0.717, 1.165) is 7.11 Å². The number of methoxy groups -OCH3 is 1. The molecule has 1 aromatic heterocycles. The lowest BCUT2D eigenvalue weighted by molar-refractivity contribution is -0.179. The van der Waals surface area contributed by atoms with Gasteiger partial charge in [-0.05, 0) is 51.0 Å². The van der Waals surface area contributed by atoms with Gasteiger partial charge in [0.2, 0.25) is 0 Å². The van der Waals surface area contributed by atoms with Crippen molar-refractivity contribution in [3.05, 3.63) is 58.1 Å². The van der Waals surface area contributed by atoms with E-state index in [1.165, 1.54) is 39.0 Å². The number of hydrogen-bond acceptors (Lipinski definition) is 7. The fraction of sp³-hybridized carbons (Fsp3) is 0.333. The Kier molecular flexibility index (Phi) is 8.80. The molecule has 0 radical (unpaired) electrons. The van der Waals surface area contributed by atoms with Gasteiger partial charge < -0.3 is 14.2 Å². The number of aromatic nitrogens is 1. The Morgan fingerprint density at radius 1 is 1.15 bits per heavy atom. The Hall–Kier alpha value is -2.97. The Morgan fingerprint density at radius 3 is 2.32 bits per heavy atom. The van der Waals surface area contributed by atoms with Gasteiger partial charge in [-0.15, -0.1) is 0 Å². The maximum absolute atomic E-state index is 15.2. The average Bonchev–Trinajstić information content (AvgIpc) is 2.76. The molecule has 0 aliphatic rings. The van der Waals surface area contributed by atoms with Gasteiger partial charge in [0.05, 0.1) is 13.7 Å². The van der Waals surface area contributed by atoms with Crippen molar-refractivity contribution >= 4 is 46.7 Å². The van der Waals surface area contributed by atoms with Crippen molar-refractivity contribution < 1.29 is 33.0 Å². The van der Waals surface area contributed by atoms with Gasteiger partial charge in [0, 0.05) is 11.1 Å². The van der Waals surface area contributed by atoms with Crippen LogP contribution in [0.3, 0.4) is 0 Å². The number of benzene rings is 1. The zero-order valence-corrected chi connectivity index (χ0v) is 20.8. The van der Waals surface area contributed by atoms with Crippen LogP contribution in [0.15, 0.2) is 30.8 Å². The molecule has 0 N–H and O–H groups in total. The van der Waals surface area contributed by atoms with Crippen LogP contribution >= 0.6 is 23.2 Å². The normalized spacial score (nSPS) is 12.0. The van der Waals surface area contributed by atoms with Gasteiger partial charge in [0.25, 0.3) is 0 Å². The van der Waals surface area contributed by atoms with E-state index in [4.69, 9.17) is 37.4 Å². The number of carbonyl (C=O) groups is 3. The smallest absolute Gasteiger partial charge is 0.418 e. The lowest BCUT2D eigenvalue weighted by Gasteiger charge is -2.33. The zero-order chi connectivity index (χ0) is 25.8. The van der Waals surface area contributed by atoms with Crippen molar-refractivity contribution in [3.63, 3.8) is 0 Å². The molecule has 2 rings (SSSR count). The van der Waals surface area contributed by atoms with Gasteiger partial charge in [0.1, 0.15) is 27.6 Å². The summed E-state index contributed by atoms with van der Waals surface area (Å²) in [5.74, 6) is -4.08. The molecular weight excluding hydrogens is 488 g/mol. The van der Waals surface area contributed by atoms with Crippen LogP contribution in [0.1, 0.15) is 44.9 Å². The Balaban J connectivity index is 2.81. The van der Waals surface area contributed by atoms with Crippen LogP contribution in [-0.2, 0) is 28.6 Å². The van der Waals surface area contributed by atoms with Crippen LogP contribution in [0.2, 0.25) is 10.3 Å². The van der Waals surface area contributed by atoms with E-state index in [0.29, 0.717) is 11.1 Å². The number of hydrogen-bond donors (Lipinski definition) is 0. The minimum atomic E-state index is -1.58. The summed E-state index contributed by atoms with van der Waals surface area (Å²) < 4.78 is 30.2. The van der Waals surface area contributed by atoms with Gasteiger partial charge in [-0.2, -0.15) is 0 Å². The van der Waals surface area contributed by atoms with E-state index in [1.807, 2.05) is 0 Å². The molecule has 1 aromatic carbocycles. The van der Waals surface area contributed by atoms with Crippen LogP contribution in [-0.4, -0.2) is 36.6 Å². The highest BCUT2D eigenvalue weighted by Gasteiger charge is 2.45. The van der Waals surface area contributed by atoms with E-state index >= 15 is 4.39 Å². The first-order valence-corrected chi connectivity index (χ1v) is 10.9. The summed E-state index contributed by atoms with van der Waals surface area (Å²) >= 11 is 12.5. The number of ether oxygens (including phenoxy) is 3. The Morgan fingerprint density at radius 2 is 1.79 bits per heavy atom. The van der Waals surface area contributed by atoms with Crippen molar-refractivity contribution in [2.75, 3.05) is 13.7 Å². The highest BCUT2D eigenvalue weighted by molar-refractivity contribution is 6.33. The monoisotopic (exact) mass is 511 g/mol. The van der Waals surface area contributed by atoms with Gasteiger partial charge in [-0.3, -0.25) is 4.79 Å². The molecule has 10 heteroatoms. The Labute approximate surface area is 206 Å². The number of rotatable bonds is 7. The number of allylic oxidation sites excluding steroid dienone is 1. The predicted octanol–water partition coefficient (Wildman–Crippen LogP) is 5.57. The molecule has 0 aliphatic heterocycles. The molecule has 2 aromatic rings. The summed E-state index contributed by atoms with van der Waals surface area (Å²) in [5.41, 5.74) is -0.267. The van der Waals surface area contributed by atoms with Crippen LogP contribution < -0.4 is 0 Å². The zero-order valence-electron chi connectivity index (χ0n) is 19.3. The molecule has 0 saturated heterocycles. The van der Waals surface area contributed by atoms with Crippen LogP contribution in [0.4, 0.5) is 4.39 Å². The Bertz CT molecular complexity index is 1150. The maximum atomic E-state index is 15.2. The molecule has 182 valence electrons. The fourth-order valence-electron chi connectivity index (χ4n) is 3.25. The minimum absolute atomic E-state index is 0.0407. The summed E-state index contributed by atoms with van der Waals surface area (Å²) in [7, 11) is 1.15. The molecule has 0 fully saturated rings. The first-order chi connectivity index (χ1) is 15.8. The molecule has 0 saturated carbocycles. The summed E-state index contributed by atoms with van der Waals surface area (Å²) in [5, 5.41) is -0.331. The SMILES string of the molecule is C=C(C)c1ccc(-c2cc(Cl)nc(Cl)c2C(OC(=O)C(=O)OCC)C(C)(C)C(=O)OC)c(F)c1. The number of pyridine rings is 1. The molecular formula is C24H24Cl2FNO6. The third-order valence-corrected chi connectivity index (χ3v) is 5.51. The average molecular weight is 512 g/mol. The topological polar surface area (TPSA) is 91.8 Å². The molecule has 1 unspecified atom stereocenters. The fourth-order valence-corrected chi connectivity index (χ4v) is 3.78. The lowest BCUT2D eigenvalue weighted by Crippen LogP contribution is -2.37. The number of halogens is 3. The second-order valence-electron chi connectivity index (χ2n) is 7.89. The quantitative estimate of drug-likeness (QED) is 0.207. The van der Waals surface area contributed by atoms with E-state index in [9.17, 15) is 14.4 Å². The summed E-state index contributed by atoms with van der Waals surface area (Å²) in [6.07, 6.45) is -1.52. The molecule has 1 heterocycles. The van der Waals surface area contributed by atoms with Crippen molar-refractivity contribution in [2.45, 2.75) is 33.8 Å². The second-order valence-corrected chi connectivity index (χ2v) is 8.64. The lowest BCUT2D eigenvalue weighted by atomic mass is 9.80. The van der Waals surface area contributed by atoms with Crippen molar-refractivity contribution in [1.82, 2.24) is 4.98 Å². The minimum Gasteiger partial charge on any atom is -0.468 e. The van der Waals surface area contributed by atoms with E-state index in [2.05, 4.69) is 11.6 Å². The van der Waals surface area contributed by atoms with Crippen molar-refractivity contribution in [2.24, 2.45) is 5.41 Å². The molecule has 0 spiro atoms. The molecule has 1 atom stereocenters. The molecule has 0 amide bonds. The van der Waals surface area contributed by atoms with Gasteiger partial charge in [-0.1, -0.05) is 47.5 Å². The largest absolute Gasteiger partial charge is 0.468 e. The summed E-state index contributed by atoms with van der Waals surface area (Å²) in [6, 6.07) is 5.70. The summed E-state index contributed by atoms with van der Waals surface area (Å²) in [4.78, 5) is 41.1. The van der Waals surface area contributed by atoms with Crippen molar-refractivity contribution in [1.29, 1.82) is 0 Å². The van der Waals surface area contributed by atoms with E-state index in [-0.39, 0.29) is 33.6 Å². The third-order valence-electron chi connectivity index (χ3n) is 5.03. The maximum Gasteiger partial charge on any atom is 0.418 e. The molecule has 0 aliphatic carbocycles. The number of esters is 3. The third kappa shape index (κ3) is 5.74. The van der Waals surface area contributed by atoms with E-state index < -0.39 is 35.2 Å². The summed E-state index contributed by atoms with van der Waals surface area (Å²) in [6.45, 7) is 9.79. The van der Waals surface area contributed by atoms with Crippen LogP contribution in [0, 0.1) is 11.2 Å². The standard InChI is InChI=1S/C24H24Cl2FNO6/c1-7-33-21(29)22(30)34-19(24(4,5)23(31)32-6)18-15(11-17(25)28-20(18)26)14-9-8-13(12(2)3)10-16(14)27/h8-11,19H,2,7H2,1,3-6H3. The molecule has 7 nitrogen and oxygen atoms in total. The highest BCUT2D eigenvalue weighted by Crippen LogP contribution is 2.46. The molecule has 0 bridgehead atoms. The molecule has 34 heavy (non-hydrogen) atoms. The second kappa shape index (κ2) is 11.0. The predicted molar refractivity (Wildman–Crippen MR) is 126 cm³/mol. The highest BCUT2D eigenvalue weighted by atomic mass is 35.5. The van der Waals surface area contributed by atoms with Crippen LogP contribution in [0.25, 0.3) is 16.7 Å². The number of nitrogens with zero attached hydrogens (tertiary/aromatic N) is 1. The number of carbonyl (C=O) groups excluding carboxylic acids is 3.